The minimum Gasteiger partial charge on any atom is -0.489 e. The summed E-state index contributed by atoms with van der Waals surface area (Å²) >= 11 is 0. The monoisotopic (exact) mass is 278 g/mol. The fourth-order valence-corrected chi connectivity index (χ4v) is 2.35. The SMILES string of the molecule is CCc1ccc(OCc2ccc(N)c3cccnc23)cc1. The fraction of sp³-hybridized carbons (Fsp3) is 0.167. The van der Waals surface area contributed by atoms with E-state index in [1.807, 2.05) is 36.4 Å². The van der Waals surface area contributed by atoms with Crippen molar-refractivity contribution in [2.24, 2.45) is 0 Å². The summed E-state index contributed by atoms with van der Waals surface area (Å²) in [6.07, 6.45) is 2.81. The topological polar surface area (TPSA) is 48.1 Å². The van der Waals surface area contributed by atoms with Gasteiger partial charge in [-0.15, -0.1) is 0 Å². The van der Waals surface area contributed by atoms with Crippen LogP contribution in [0, 0.1) is 0 Å². The molecular weight excluding hydrogens is 260 g/mol. The zero-order valence-electron chi connectivity index (χ0n) is 12.0. The second kappa shape index (κ2) is 5.83. The molecule has 0 saturated heterocycles. The van der Waals surface area contributed by atoms with Crippen LogP contribution in [0.4, 0.5) is 5.69 Å². The molecule has 0 fully saturated rings. The molecule has 0 aliphatic heterocycles. The lowest BCUT2D eigenvalue weighted by Crippen LogP contribution is -1.99. The number of hydrogen-bond donors (Lipinski definition) is 1. The van der Waals surface area contributed by atoms with Crippen LogP contribution >= 0.6 is 0 Å². The first-order valence-corrected chi connectivity index (χ1v) is 7.11. The number of nitrogens with zero attached hydrogens (tertiary/aromatic N) is 1. The molecule has 0 aliphatic carbocycles. The molecule has 0 atom stereocenters. The minimum absolute atomic E-state index is 0.485. The smallest absolute Gasteiger partial charge is 0.119 e. The van der Waals surface area contributed by atoms with Crippen molar-refractivity contribution in [3.8, 4) is 5.75 Å². The van der Waals surface area contributed by atoms with Crippen molar-refractivity contribution in [1.29, 1.82) is 0 Å². The third-order valence-corrected chi connectivity index (χ3v) is 3.61. The first-order chi connectivity index (χ1) is 10.3. The van der Waals surface area contributed by atoms with Crippen molar-refractivity contribution in [3.05, 3.63) is 65.9 Å². The molecule has 3 heteroatoms. The molecule has 3 aromatic rings. The molecule has 0 bridgehead atoms. The van der Waals surface area contributed by atoms with Crippen molar-refractivity contribution in [1.82, 2.24) is 4.98 Å². The summed E-state index contributed by atoms with van der Waals surface area (Å²) in [7, 11) is 0. The molecule has 21 heavy (non-hydrogen) atoms. The molecule has 106 valence electrons. The van der Waals surface area contributed by atoms with E-state index in [0.29, 0.717) is 6.61 Å². The number of aryl methyl sites for hydroxylation is 1. The van der Waals surface area contributed by atoms with Crippen LogP contribution in [-0.4, -0.2) is 4.98 Å². The van der Waals surface area contributed by atoms with E-state index >= 15 is 0 Å². The lowest BCUT2D eigenvalue weighted by Gasteiger charge is -2.10. The van der Waals surface area contributed by atoms with E-state index in [9.17, 15) is 0 Å². The van der Waals surface area contributed by atoms with Crippen molar-refractivity contribution in [2.75, 3.05) is 5.73 Å². The highest BCUT2D eigenvalue weighted by atomic mass is 16.5. The summed E-state index contributed by atoms with van der Waals surface area (Å²) in [6, 6.07) is 16.0. The molecule has 0 unspecified atom stereocenters. The van der Waals surface area contributed by atoms with Gasteiger partial charge in [0.2, 0.25) is 0 Å². The van der Waals surface area contributed by atoms with Crippen LogP contribution in [0.2, 0.25) is 0 Å². The van der Waals surface area contributed by atoms with Gasteiger partial charge >= 0.3 is 0 Å². The zero-order valence-corrected chi connectivity index (χ0v) is 12.0. The number of hydrogen-bond acceptors (Lipinski definition) is 3. The molecule has 2 aromatic carbocycles. The normalized spacial score (nSPS) is 10.7. The Balaban J connectivity index is 1.83. The first kappa shape index (κ1) is 13.4. The Morgan fingerprint density at radius 2 is 1.86 bits per heavy atom. The fourth-order valence-electron chi connectivity index (χ4n) is 2.35. The van der Waals surface area contributed by atoms with Gasteiger partial charge in [-0.05, 0) is 42.3 Å². The lowest BCUT2D eigenvalue weighted by molar-refractivity contribution is 0.307. The molecule has 3 nitrogen and oxygen atoms in total. The predicted molar refractivity (Wildman–Crippen MR) is 86.3 cm³/mol. The summed E-state index contributed by atoms with van der Waals surface area (Å²) < 4.78 is 5.86. The van der Waals surface area contributed by atoms with Crippen molar-refractivity contribution < 1.29 is 4.74 Å². The summed E-state index contributed by atoms with van der Waals surface area (Å²) in [5.74, 6) is 0.869. The number of benzene rings is 2. The van der Waals surface area contributed by atoms with Crippen LogP contribution in [0.15, 0.2) is 54.7 Å². The highest BCUT2D eigenvalue weighted by Crippen LogP contribution is 2.24. The molecule has 1 heterocycles. The number of rotatable bonds is 4. The third-order valence-electron chi connectivity index (χ3n) is 3.61. The summed E-state index contributed by atoms with van der Waals surface area (Å²) in [5, 5.41) is 0.972. The van der Waals surface area contributed by atoms with Gasteiger partial charge in [0.05, 0.1) is 5.52 Å². The number of pyridine rings is 1. The molecule has 0 amide bonds. The van der Waals surface area contributed by atoms with Crippen LogP contribution in [-0.2, 0) is 13.0 Å². The van der Waals surface area contributed by atoms with E-state index in [2.05, 4.69) is 24.0 Å². The van der Waals surface area contributed by atoms with Crippen LogP contribution in [0.3, 0.4) is 0 Å². The van der Waals surface area contributed by atoms with E-state index in [0.717, 1.165) is 34.3 Å². The van der Waals surface area contributed by atoms with Gasteiger partial charge in [-0.25, -0.2) is 0 Å². The molecular formula is C18H18N2O. The van der Waals surface area contributed by atoms with Crippen LogP contribution < -0.4 is 10.5 Å². The highest BCUT2D eigenvalue weighted by molar-refractivity contribution is 5.92. The van der Waals surface area contributed by atoms with Gasteiger partial charge < -0.3 is 10.5 Å². The second-order valence-corrected chi connectivity index (χ2v) is 5.00. The van der Waals surface area contributed by atoms with Gasteiger partial charge in [0, 0.05) is 22.8 Å². The summed E-state index contributed by atoms with van der Waals surface area (Å²) in [6.45, 7) is 2.63. The Morgan fingerprint density at radius 1 is 1.05 bits per heavy atom. The quantitative estimate of drug-likeness (QED) is 0.735. The van der Waals surface area contributed by atoms with E-state index in [1.165, 1.54) is 5.56 Å². The Bertz CT molecular complexity index is 751. The standard InChI is InChI=1S/C18H18N2O/c1-2-13-5-8-15(9-6-13)21-12-14-7-10-17(19)16-4-3-11-20-18(14)16/h3-11H,2,12,19H2,1H3. The minimum atomic E-state index is 0.485. The molecule has 0 aliphatic rings. The van der Waals surface area contributed by atoms with Crippen LogP contribution in [0.5, 0.6) is 5.75 Å². The first-order valence-electron chi connectivity index (χ1n) is 7.11. The van der Waals surface area contributed by atoms with Gasteiger partial charge in [-0.2, -0.15) is 0 Å². The van der Waals surface area contributed by atoms with E-state index in [4.69, 9.17) is 10.5 Å². The van der Waals surface area contributed by atoms with Crippen LogP contribution in [0.25, 0.3) is 10.9 Å². The third kappa shape index (κ3) is 2.82. The predicted octanol–water partition coefficient (Wildman–Crippen LogP) is 3.96. The molecule has 2 N–H and O–H groups in total. The average molecular weight is 278 g/mol. The van der Waals surface area contributed by atoms with Crippen LogP contribution in [0.1, 0.15) is 18.1 Å². The highest BCUT2D eigenvalue weighted by Gasteiger charge is 2.05. The van der Waals surface area contributed by atoms with Gasteiger partial charge in [-0.3, -0.25) is 4.98 Å². The zero-order chi connectivity index (χ0) is 14.7. The Morgan fingerprint density at radius 3 is 2.62 bits per heavy atom. The maximum absolute atomic E-state index is 5.98. The molecule has 3 rings (SSSR count). The number of nitrogens with two attached hydrogens (primary N) is 1. The Hall–Kier alpha value is -2.55. The van der Waals surface area contributed by atoms with Crippen molar-refractivity contribution in [3.63, 3.8) is 0 Å². The number of ether oxygens (including phenoxy) is 1. The van der Waals surface area contributed by atoms with Crippen molar-refractivity contribution in [2.45, 2.75) is 20.0 Å². The van der Waals surface area contributed by atoms with Gasteiger partial charge in [-0.1, -0.05) is 25.1 Å². The lowest BCUT2D eigenvalue weighted by atomic mass is 10.1. The average Bonchev–Trinajstić information content (AvgIpc) is 2.55. The van der Waals surface area contributed by atoms with Crippen molar-refractivity contribution >= 4 is 16.6 Å². The molecule has 0 spiro atoms. The molecule has 0 radical (unpaired) electrons. The maximum Gasteiger partial charge on any atom is 0.119 e. The molecule has 0 saturated carbocycles. The maximum atomic E-state index is 5.98. The number of fused-ring (bicyclic) bond motifs is 1. The summed E-state index contributed by atoms with van der Waals surface area (Å²) in [5.41, 5.74) is 9.98. The van der Waals surface area contributed by atoms with Gasteiger partial charge in [0.25, 0.3) is 0 Å². The Kier molecular flexibility index (Phi) is 3.73. The van der Waals surface area contributed by atoms with E-state index in [1.54, 1.807) is 6.20 Å². The Labute approximate surface area is 124 Å². The van der Waals surface area contributed by atoms with Gasteiger partial charge in [0.1, 0.15) is 12.4 Å². The number of aromatic nitrogens is 1. The number of nitrogen functional groups attached to an aromatic ring is 1. The van der Waals surface area contributed by atoms with E-state index < -0.39 is 0 Å². The number of anilines is 1. The van der Waals surface area contributed by atoms with E-state index in [-0.39, 0.29) is 0 Å². The molecule has 1 aromatic heterocycles. The second-order valence-electron chi connectivity index (χ2n) is 5.00. The van der Waals surface area contributed by atoms with Gasteiger partial charge in [0.15, 0.2) is 0 Å². The summed E-state index contributed by atoms with van der Waals surface area (Å²) in [4.78, 5) is 4.42. The largest absolute Gasteiger partial charge is 0.489 e.